The Morgan fingerprint density at radius 1 is 1.42 bits per heavy atom. The van der Waals surface area contributed by atoms with Gasteiger partial charge in [0.25, 0.3) is 0 Å². The Kier molecular flexibility index (Phi) is 4.23. The SMILES string of the molecule is CN(CC1CCC1)S(=O)(=O)c1cc(CN)ccc1F. The van der Waals surface area contributed by atoms with E-state index in [1.807, 2.05) is 0 Å². The van der Waals surface area contributed by atoms with Crippen LogP contribution >= 0.6 is 0 Å². The van der Waals surface area contributed by atoms with E-state index < -0.39 is 15.8 Å². The van der Waals surface area contributed by atoms with Crippen molar-refractivity contribution in [2.75, 3.05) is 13.6 Å². The number of sulfonamides is 1. The fourth-order valence-electron chi connectivity index (χ4n) is 2.18. The van der Waals surface area contributed by atoms with E-state index in [1.54, 1.807) is 0 Å². The molecule has 106 valence electrons. The van der Waals surface area contributed by atoms with E-state index in [-0.39, 0.29) is 11.4 Å². The van der Waals surface area contributed by atoms with Gasteiger partial charge < -0.3 is 5.73 Å². The lowest BCUT2D eigenvalue weighted by molar-refractivity contribution is 0.262. The molecule has 0 amide bonds. The first-order chi connectivity index (χ1) is 8.95. The van der Waals surface area contributed by atoms with Crippen molar-refractivity contribution in [3.8, 4) is 0 Å². The van der Waals surface area contributed by atoms with Gasteiger partial charge in [-0.2, -0.15) is 0 Å². The molecule has 0 atom stereocenters. The summed E-state index contributed by atoms with van der Waals surface area (Å²) < 4.78 is 39.7. The summed E-state index contributed by atoms with van der Waals surface area (Å²) in [5.41, 5.74) is 6.08. The molecule has 0 bridgehead atoms. The van der Waals surface area contributed by atoms with E-state index in [0.717, 1.165) is 25.3 Å². The molecule has 1 aliphatic carbocycles. The van der Waals surface area contributed by atoms with Crippen LogP contribution in [0.3, 0.4) is 0 Å². The summed E-state index contributed by atoms with van der Waals surface area (Å²) >= 11 is 0. The monoisotopic (exact) mass is 286 g/mol. The van der Waals surface area contributed by atoms with E-state index in [1.165, 1.54) is 23.5 Å². The minimum Gasteiger partial charge on any atom is -0.326 e. The van der Waals surface area contributed by atoms with Crippen molar-refractivity contribution in [1.29, 1.82) is 0 Å². The first-order valence-corrected chi connectivity index (χ1v) is 7.84. The quantitative estimate of drug-likeness (QED) is 0.896. The molecular formula is C13H19FN2O2S. The summed E-state index contributed by atoms with van der Waals surface area (Å²) in [6.45, 7) is 0.643. The molecule has 1 fully saturated rings. The topological polar surface area (TPSA) is 63.4 Å². The third kappa shape index (κ3) is 2.96. The zero-order chi connectivity index (χ0) is 14.0. The second-order valence-corrected chi connectivity index (χ2v) is 7.06. The van der Waals surface area contributed by atoms with Crippen molar-refractivity contribution in [2.24, 2.45) is 11.7 Å². The fourth-order valence-corrected chi connectivity index (χ4v) is 3.54. The molecule has 1 aromatic rings. The van der Waals surface area contributed by atoms with Crippen LogP contribution in [0.2, 0.25) is 0 Å². The number of hydrogen-bond acceptors (Lipinski definition) is 3. The van der Waals surface area contributed by atoms with Gasteiger partial charge in [-0.3, -0.25) is 0 Å². The van der Waals surface area contributed by atoms with Crippen LogP contribution < -0.4 is 5.73 Å². The second-order valence-electron chi connectivity index (χ2n) is 5.05. The van der Waals surface area contributed by atoms with Gasteiger partial charge >= 0.3 is 0 Å². The van der Waals surface area contributed by atoms with Crippen molar-refractivity contribution >= 4 is 10.0 Å². The van der Waals surface area contributed by atoms with Gasteiger partial charge in [-0.1, -0.05) is 12.5 Å². The molecular weight excluding hydrogens is 267 g/mol. The molecule has 0 aromatic heterocycles. The average Bonchev–Trinajstić information content (AvgIpc) is 2.33. The minimum absolute atomic E-state index is 0.190. The van der Waals surface area contributed by atoms with E-state index in [9.17, 15) is 12.8 Å². The molecule has 0 spiro atoms. The molecule has 0 aliphatic heterocycles. The summed E-state index contributed by atoms with van der Waals surface area (Å²) in [6, 6.07) is 3.98. The Morgan fingerprint density at radius 3 is 2.63 bits per heavy atom. The zero-order valence-electron chi connectivity index (χ0n) is 11.0. The standard InChI is InChI=1S/C13H19FN2O2S/c1-16(9-10-3-2-4-10)19(17,18)13-7-11(8-15)5-6-12(13)14/h5-7,10H,2-4,8-9,15H2,1H3. The van der Waals surface area contributed by atoms with Crippen LogP contribution in [0.25, 0.3) is 0 Å². The summed E-state index contributed by atoms with van der Waals surface area (Å²) in [4.78, 5) is -0.280. The summed E-state index contributed by atoms with van der Waals surface area (Å²) in [5, 5.41) is 0. The highest BCUT2D eigenvalue weighted by molar-refractivity contribution is 7.89. The molecule has 6 heteroatoms. The van der Waals surface area contributed by atoms with Crippen molar-refractivity contribution in [3.05, 3.63) is 29.6 Å². The third-order valence-corrected chi connectivity index (χ3v) is 5.50. The Bertz CT molecular complexity index is 556. The minimum atomic E-state index is -3.77. The maximum atomic E-state index is 13.7. The van der Waals surface area contributed by atoms with Crippen molar-refractivity contribution in [2.45, 2.75) is 30.7 Å². The molecule has 0 unspecified atom stereocenters. The van der Waals surface area contributed by atoms with Crippen molar-refractivity contribution in [1.82, 2.24) is 4.31 Å². The van der Waals surface area contributed by atoms with Gasteiger partial charge in [0.1, 0.15) is 10.7 Å². The van der Waals surface area contributed by atoms with Gasteiger partial charge in [0.05, 0.1) is 0 Å². The van der Waals surface area contributed by atoms with Crippen LogP contribution in [0.5, 0.6) is 0 Å². The lowest BCUT2D eigenvalue weighted by atomic mass is 9.86. The van der Waals surface area contributed by atoms with Gasteiger partial charge in [0.15, 0.2) is 0 Å². The van der Waals surface area contributed by atoms with Crippen LogP contribution in [0.1, 0.15) is 24.8 Å². The Hall–Kier alpha value is -0.980. The normalized spacial score (nSPS) is 16.6. The van der Waals surface area contributed by atoms with Gasteiger partial charge in [0.2, 0.25) is 10.0 Å². The zero-order valence-corrected chi connectivity index (χ0v) is 11.8. The van der Waals surface area contributed by atoms with E-state index >= 15 is 0 Å². The Balaban J connectivity index is 2.26. The molecule has 0 radical (unpaired) electrons. The van der Waals surface area contributed by atoms with Gasteiger partial charge in [-0.05, 0) is 36.5 Å². The maximum Gasteiger partial charge on any atom is 0.245 e. The smallest absolute Gasteiger partial charge is 0.245 e. The molecule has 2 rings (SSSR count). The van der Waals surface area contributed by atoms with Crippen molar-refractivity contribution < 1.29 is 12.8 Å². The summed E-state index contributed by atoms with van der Waals surface area (Å²) in [7, 11) is -2.27. The first-order valence-electron chi connectivity index (χ1n) is 6.40. The van der Waals surface area contributed by atoms with Crippen LogP contribution in [0, 0.1) is 11.7 Å². The van der Waals surface area contributed by atoms with Gasteiger partial charge in [-0.25, -0.2) is 17.1 Å². The molecule has 1 aliphatic rings. The summed E-state index contributed by atoms with van der Waals surface area (Å²) in [6.07, 6.45) is 3.24. The van der Waals surface area contributed by atoms with E-state index in [4.69, 9.17) is 5.73 Å². The number of rotatable bonds is 5. The molecule has 1 saturated carbocycles. The number of halogens is 1. The van der Waals surface area contributed by atoms with Crippen LogP contribution in [0.4, 0.5) is 4.39 Å². The highest BCUT2D eigenvalue weighted by Gasteiger charge is 2.28. The Morgan fingerprint density at radius 2 is 2.11 bits per heavy atom. The number of nitrogens with zero attached hydrogens (tertiary/aromatic N) is 1. The average molecular weight is 286 g/mol. The van der Waals surface area contributed by atoms with E-state index in [2.05, 4.69) is 0 Å². The van der Waals surface area contributed by atoms with Gasteiger partial charge in [-0.15, -0.1) is 0 Å². The van der Waals surface area contributed by atoms with Crippen LogP contribution in [0.15, 0.2) is 23.1 Å². The first kappa shape index (κ1) is 14.4. The largest absolute Gasteiger partial charge is 0.326 e. The molecule has 19 heavy (non-hydrogen) atoms. The lowest BCUT2D eigenvalue weighted by Gasteiger charge is -2.29. The third-order valence-electron chi connectivity index (χ3n) is 3.66. The molecule has 2 N–H and O–H groups in total. The maximum absolute atomic E-state index is 13.7. The molecule has 0 saturated heterocycles. The predicted molar refractivity (Wildman–Crippen MR) is 71.4 cm³/mol. The van der Waals surface area contributed by atoms with E-state index in [0.29, 0.717) is 18.0 Å². The lowest BCUT2D eigenvalue weighted by Crippen LogP contribution is -2.34. The van der Waals surface area contributed by atoms with Crippen LogP contribution in [-0.2, 0) is 16.6 Å². The highest BCUT2D eigenvalue weighted by Crippen LogP contribution is 2.29. The van der Waals surface area contributed by atoms with Gasteiger partial charge in [0, 0.05) is 20.1 Å². The molecule has 4 nitrogen and oxygen atoms in total. The van der Waals surface area contributed by atoms with Crippen LogP contribution in [-0.4, -0.2) is 26.3 Å². The molecule has 0 heterocycles. The Labute approximate surface area is 113 Å². The number of benzene rings is 1. The number of nitrogens with two attached hydrogens (primary N) is 1. The predicted octanol–water partition coefficient (Wildman–Crippen LogP) is 1.71. The summed E-state index contributed by atoms with van der Waals surface area (Å²) in [5.74, 6) is -0.321. The highest BCUT2D eigenvalue weighted by atomic mass is 32.2. The number of hydrogen-bond donors (Lipinski definition) is 1. The second kappa shape index (κ2) is 5.56. The van der Waals surface area contributed by atoms with Crippen molar-refractivity contribution in [3.63, 3.8) is 0 Å². The fraction of sp³-hybridized carbons (Fsp3) is 0.538. The molecule has 1 aromatic carbocycles.